The second-order valence-corrected chi connectivity index (χ2v) is 3.88. The first-order valence-corrected chi connectivity index (χ1v) is 5.11. The Balaban J connectivity index is 2.66. The molecule has 0 heterocycles. The quantitative estimate of drug-likeness (QED) is 0.852. The Hall–Kier alpha value is -0.600. The van der Waals surface area contributed by atoms with E-state index >= 15 is 0 Å². The SMILES string of the molecule is C=C(CCNC)c1cccc(Br)c1. The predicted octanol–water partition coefficient (Wildman–Crippen LogP) is 3.07. The van der Waals surface area contributed by atoms with E-state index in [9.17, 15) is 0 Å². The molecule has 1 aromatic rings. The number of benzene rings is 1. The Labute approximate surface area is 88.0 Å². The molecule has 70 valence electrons. The molecule has 0 radical (unpaired) electrons. The third-order valence-electron chi connectivity index (χ3n) is 1.91. The molecule has 0 bridgehead atoms. The fourth-order valence-electron chi connectivity index (χ4n) is 1.13. The van der Waals surface area contributed by atoms with Crippen LogP contribution in [0.3, 0.4) is 0 Å². The van der Waals surface area contributed by atoms with E-state index in [4.69, 9.17) is 0 Å². The van der Waals surface area contributed by atoms with E-state index in [0.717, 1.165) is 17.4 Å². The number of nitrogens with one attached hydrogen (secondary N) is 1. The minimum atomic E-state index is 0.978. The number of rotatable bonds is 4. The molecular formula is C11H14BrN. The summed E-state index contributed by atoms with van der Waals surface area (Å²) in [4.78, 5) is 0. The van der Waals surface area contributed by atoms with Crippen molar-refractivity contribution in [1.29, 1.82) is 0 Å². The van der Waals surface area contributed by atoms with Gasteiger partial charge in [-0.05, 0) is 43.3 Å². The fraction of sp³-hybridized carbons (Fsp3) is 0.273. The van der Waals surface area contributed by atoms with Gasteiger partial charge in [-0.2, -0.15) is 0 Å². The Morgan fingerprint density at radius 3 is 2.92 bits per heavy atom. The maximum atomic E-state index is 4.04. The third kappa shape index (κ3) is 3.33. The lowest BCUT2D eigenvalue weighted by molar-refractivity contribution is 0.816. The van der Waals surface area contributed by atoms with Crippen molar-refractivity contribution in [3.63, 3.8) is 0 Å². The van der Waals surface area contributed by atoms with Gasteiger partial charge in [-0.15, -0.1) is 0 Å². The second-order valence-electron chi connectivity index (χ2n) is 2.97. The summed E-state index contributed by atoms with van der Waals surface area (Å²) in [5.74, 6) is 0. The van der Waals surface area contributed by atoms with Gasteiger partial charge in [0, 0.05) is 4.47 Å². The largest absolute Gasteiger partial charge is 0.319 e. The first kappa shape index (κ1) is 10.5. The van der Waals surface area contributed by atoms with E-state index in [2.05, 4.69) is 40.0 Å². The Bertz CT molecular complexity index is 294. The summed E-state index contributed by atoms with van der Waals surface area (Å²) >= 11 is 3.44. The van der Waals surface area contributed by atoms with Crippen LogP contribution in [0.2, 0.25) is 0 Å². The van der Waals surface area contributed by atoms with Crippen LogP contribution in [0.15, 0.2) is 35.3 Å². The van der Waals surface area contributed by atoms with E-state index in [0.29, 0.717) is 0 Å². The van der Waals surface area contributed by atoms with Crippen LogP contribution in [0, 0.1) is 0 Å². The van der Waals surface area contributed by atoms with Gasteiger partial charge < -0.3 is 5.32 Å². The number of hydrogen-bond acceptors (Lipinski definition) is 1. The molecule has 0 aromatic heterocycles. The molecule has 0 spiro atoms. The summed E-state index contributed by atoms with van der Waals surface area (Å²) in [5.41, 5.74) is 2.39. The van der Waals surface area contributed by atoms with Crippen molar-refractivity contribution < 1.29 is 0 Å². The molecule has 2 heteroatoms. The zero-order valence-corrected chi connectivity index (χ0v) is 9.39. The van der Waals surface area contributed by atoms with Crippen molar-refractivity contribution in [3.05, 3.63) is 40.9 Å². The first-order chi connectivity index (χ1) is 6.24. The van der Waals surface area contributed by atoms with E-state index < -0.39 is 0 Å². The average Bonchev–Trinajstić information content (AvgIpc) is 2.14. The van der Waals surface area contributed by atoms with Gasteiger partial charge in [-0.1, -0.05) is 34.6 Å². The van der Waals surface area contributed by atoms with Crippen molar-refractivity contribution in [3.8, 4) is 0 Å². The van der Waals surface area contributed by atoms with Crippen LogP contribution in [-0.4, -0.2) is 13.6 Å². The molecule has 0 unspecified atom stereocenters. The molecule has 1 aromatic carbocycles. The smallest absolute Gasteiger partial charge is 0.0181 e. The highest BCUT2D eigenvalue weighted by Gasteiger charge is 1.98. The van der Waals surface area contributed by atoms with E-state index in [1.54, 1.807) is 0 Å². The molecule has 0 saturated heterocycles. The van der Waals surface area contributed by atoms with Crippen molar-refractivity contribution in [2.75, 3.05) is 13.6 Å². The second kappa shape index (κ2) is 5.20. The highest BCUT2D eigenvalue weighted by molar-refractivity contribution is 9.10. The third-order valence-corrected chi connectivity index (χ3v) is 2.40. The topological polar surface area (TPSA) is 12.0 Å². The molecule has 0 atom stereocenters. The van der Waals surface area contributed by atoms with E-state index in [1.165, 1.54) is 11.1 Å². The molecule has 0 aliphatic heterocycles. The number of hydrogen-bond donors (Lipinski definition) is 1. The molecule has 0 saturated carbocycles. The van der Waals surface area contributed by atoms with Crippen LogP contribution in [0.5, 0.6) is 0 Å². The van der Waals surface area contributed by atoms with Gasteiger partial charge in [-0.25, -0.2) is 0 Å². The number of halogens is 1. The van der Waals surface area contributed by atoms with E-state index in [1.807, 2.05) is 19.2 Å². The monoisotopic (exact) mass is 239 g/mol. The van der Waals surface area contributed by atoms with Gasteiger partial charge in [0.2, 0.25) is 0 Å². The highest BCUT2D eigenvalue weighted by Crippen LogP contribution is 2.19. The van der Waals surface area contributed by atoms with Crippen LogP contribution < -0.4 is 5.32 Å². The van der Waals surface area contributed by atoms with E-state index in [-0.39, 0.29) is 0 Å². The fourth-order valence-corrected chi connectivity index (χ4v) is 1.53. The molecule has 13 heavy (non-hydrogen) atoms. The van der Waals surface area contributed by atoms with Crippen LogP contribution in [-0.2, 0) is 0 Å². The van der Waals surface area contributed by atoms with Crippen molar-refractivity contribution in [1.82, 2.24) is 5.32 Å². The normalized spacial score (nSPS) is 10.0. The van der Waals surface area contributed by atoms with Crippen molar-refractivity contribution in [2.45, 2.75) is 6.42 Å². The van der Waals surface area contributed by atoms with Gasteiger partial charge in [0.25, 0.3) is 0 Å². The molecule has 0 amide bonds. The molecule has 1 N–H and O–H groups in total. The standard InChI is InChI=1S/C11H14BrN/c1-9(6-7-13-2)10-4-3-5-11(12)8-10/h3-5,8,13H,1,6-7H2,2H3. The average molecular weight is 240 g/mol. The molecule has 1 nitrogen and oxygen atoms in total. The summed E-state index contributed by atoms with van der Waals surface area (Å²) in [6.45, 7) is 5.02. The molecule has 0 aliphatic carbocycles. The minimum absolute atomic E-state index is 0.978. The van der Waals surface area contributed by atoms with Gasteiger partial charge >= 0.3 is 0 Å². The molecular weight excluding hydrogens is 226 g/mol. The summed E-state index contributed by atoms with van der Waals surface area (Å²) in [7, 11) is 1.95. The summed E-state index contributed by atoms with van der Waals surface area (Å²) < 4.78 is 1.11. The Morgan fingerprint density at radius 2 is 2.31 bits per heavy atom. The van der Waals surface area contributed by atoms with Crippen LogP contribution in [0.25, 0.3) is 5.57 Å². The van der Waals surface area contributed by atoms with Gasteiger partial charge in [0.05, 0.1) is 0 Å². The zero-order valence-electron chi connectivity index (χ0n) is 7.81. The van der Waals surface area contributed by atoms with Crippen LogP contribution in [0.1, 0.15) is 12.0 Å². The highest BCUT2D eigenvalue weighted by atomic mass is 79.9. The predicted molar refractivity (Wildman–Crippen MR) is 61.7 cm³/mol. The Morgan fingerprint density at radius 1 is 1.54 bits per heavy atom. The zero-order chi connectivity index (χ0) is 9.68. The summed E-state index contributed by atoms with van der Waals surface area (Å²) in [5, 5.41) is 3.11. The lowest BCUT2D eigenvalue weighted by Gasteiger charge is -2.05. The maximum absolute atomic E-state index is 4.04. The van der Waals surface area contributed by atoms with Gasteiger partial charge in [-0.3, -0.25) is 0 Å². The first-order valence-electron chi connectivity index (χ1n) is 4.32. The van der Waals surface area contributed by atoms with Crippen molar-refractivity contribution in [2.24, 2.45) is 0 Å². The van der Waals surface area contributed by atoms with Gasteiger partial charge in [0.15, 0.2) is 0 Å². The maximum Gasteiger partial charge on any atom is 0.0181 e. The van der Waals surface area contributed by atoms with Gasteiger partial charge in [0.1, 0.15) is 0 Å². The van der Waals surface area contributed by atoms with Crippen LogP contribution in [0.4, 0.5) is 0 Å². The van der Waals surface area contributed by atoms with Crippen LogP contribution >= 0.6 is 15.9 Å². The molecule has 0 aliphatic rings. The summed E-state index contributed by atoms with van der Waals surface area (Å²) in [6, 6.07) is 8.24. The lowest BCUT2D eigenvalue weighted by Crippen LogP contribution is -2.07. The minimum Gasteiger partial charge on any atom is -0.319 e. The molecule has 0 fully saturated rings. The summed E-state index contributed by atoms with van der Waals surface area (Å²) in [6.07, 6.45) is 0.993. The van der Waals surface area contributed by atoms with Crippen molar-refractivity contribution >= 4 is 21.5 Å². The Kier molecular flexibility index (Phi) is 4.19. The molecule has 1 rings (SSSR count). The lowest BCUT2D eigenvalue weighted by atomic mass is 10.1.